The number of fused-ring (bicyclic) bond motifs is 3. The first-order valence-electron chi connectivity index (χ1n) is 11.4. The molecule has 1 atom stereocenters. The molecule has 34 heavy (non-hydrogen) atoms. The van der Waals surface area contributed by atoms with Crippen molar-refractivity contribution in [3.05, 3.63) is 93.6 Å². The molecule has 3 aromatic rings. The van der Waals surface area contributed by atoms with Crippen molar-refractivity contribution in [2.45, 2.75) is 37.4 Å². The van der Waals surface area contributed by atoms with Crippen molar-refractivity contribution in [3.8, 4) is 0 Å². The van der Waals surface area contributed by atoms with Gasteiger partial charge in [-0.2, -0.15) is 0 Å². The summed E-state index contributed by atoms with van der Waals surface area (Å²) in [6.07, 6.45) is 14.8. The van der Waals surface area contributed by atoms with E-state index < -0.39 is 5.97 Å². The number of hydrogen-bond donors (Lipinski definition) is 0. The van der Waals surface area contributed by atoms with E-state index in [1.807, 2.05) is 12.1 Å². The van der Waals surface area contributed by atoms with Crippen LogP contribution in [0.1, 0.15) is 69.4 Å². The number of carboxylic acids is 1. The molecule has 0 radical (unpaired) electrons. The van der Waals surface area contributed by atoms with Gasteiger partial charge in [0.05, 0.1) is 16.6 Å². The summed E-state index contributed by atoms with van der Waals surface area (Å²) in [6.45, 7) is 0. The molecule has 2 heterocycles. The Hall–Kier alpha value is -2.18. The second-order valence-electron chi connectivity index (χ2n) is 8.45. The predicted octanol–water partition coefficient (Wildman–Crippen LogP) is 1.98. The van der Waals surface area contributed by atoms with Crippen LogP contribution in [0, 0.1) is 0 Å². The first kappa shape index (κ1) is 24.9. The van der Waals surface area contributed by atoms with E-state index in [9.17, 15) is 9.90 Å². The fraction of sp³-hybridized carbons (Fsp3) is 0.250. The Morgan fingerprint density at radius 2 is 1.94 bits per heavy atom. The zero-order valence-electron chi connectivity index (χ0n) is 19.4. The third-order valence-corrected chi connectivity index (χ3v) is 7.49. The number of aryl methyl sites for hydroxylation is 2. The quantitative estimate of drug-likeness (QED) is 0.509. The third-order valence-electron chi connectivity index (χ3n) is 6.20. The van der Waals surface area contributed by atoms with Crippen LogP contribution in [-0.4, -0.2) is 21.7 Å². The molecule has 5 rings (SSSR count). The molecule has 0 amide bonds. The maximum atomic E-state index is 11.0. The minimum atomic E-state index is -1.02. The minimum Gasteiger partial charge on any atom is -0.550 e. The van der Waals surface area contributed by atoms with E-state index in [2.05, 4.69) is 59.6 Å². The van der Waals surface area contributed by atoms with Crippen molar-refractivity contribution in [2.24, 2.45) is 0 Å². The van der Waals surface area contributed by atoms with E-state index in [1.54, 1.807) is 18.0 Å². The van der Waals surface area contributed by atoms with E-state index in [0.717, 1.165) is 40.9 Å². The molecule has 0 bridgehead atoms. The molecule has 0 saturated carbocycles. The number of aliphatic carboxylic acids is 1. The van der Waals surface area contributed by atoms with Crippen molar-refractivity contribution < 1.29 is 39.5 Å². The summed E-state index contributed by atoms with van der Waals surface area (Å²) < 4.78 is 0. The average Bonchev–Trinajstić information content (AvgIpc) is 2.99. The van der Waals surface area contributed by atoms with Crippen molar-refractivity contribution >= 4 is 42.0 Å². The molecule has 0 aliphatic heterocycles. The van der Waals surface area contributed by atoms with Crippen LogP contribution in [0.2, 0.25) is 0 Å². The molecule has 1 aromatic carbocycles. The van der Waals surface area contributed by atoms with Gasteiger partial charge in [0.2, 0.25) is 0 Å². The molecule has 0 spiro atoms. The number of hydrogen-bond acceptors (Lipinski definition) is 5. The zero-order valence-corrected chi connectivity index (χ0v) is 22.2. The van der Waals surface area contributed by atoms with Crippen LogP contribution in [0.4, 0.5) is 0 Å². The van der Waals surface area contributed by atoms with E-state index in [1.165, 1.54) is 29.7 Å². The summed E-state index contributed by atoms with van der Waals surface area (Å²) in [5, 5.41) is 11.0. The number of nitrogens with zero attached hydrogens (tertiary/aromatic N) is 2. The van der Waals surface area contributed by atoms with E-state index >= 15 is 0 Å². The van der Waals surface area contributed by atoms with Gasteiger partial charge in [-0.1, -0.05) is 36.4 Å². The molecule has 2 aliphatic carbocycles. The van der Waals surface area contributed by atoms with Gasteiger partial charge in [-0.25, -0.2) is 0 Å². The van der Waals surface area contributed by atoms with Crippen LogP contribution in [0.3, 0.4) is 0 Å². The van der Waals surface area contributed by atoms with Crippen LogP contribution in [0.5, 0.6) is 0 Å². The monoisotopic (exact) mass is 476 g/mol. The van der Waals surface area contributed by atoms with E-state index in [0.29, 0.717) is 5.75 Å². The van der Waals surface area contributed by atoms with Crippen molar-refractivity contribution in [1.29, 1.82) is 0 Å². The number of rotatable bonds is 6. The van der Waals surface area contributed by atoms with Crippen LogP contribution in [0.25, 0.3) is 24.3 Å². The third kappa shape index (κ3) is 5.72. The number of carbonyl (C=O) groups is 1. The van der Waals surface area contributed by atoms with Crippen LogP contribution in [0.15, 0.2) is 48.7 Å². The second-order valence-corrected chi connectivity index (χ2v) is 9.67. The Bertz CT molecular complexity index is 1250. The van der Waals surface area contributed by atoms with Crippen LogP contribution in [-0.2, 0) is 17.6 Å². The Kier molecular flexibility index (Phi) is 8.43. The second kappa shape index (κ2) is 11.5. The van der Waals surface area contributed by atoms with Gasteiger partial charge in [0.25, 0.3) is 0 Å². The zero-order chi connectivity index (χ0) is 22.6. The molecule has 2 aromatic heterocycles. The number of thioether (sulfide) groups is 1. The normalized spacial score (nSPS) is 16.2. The standard InChI is InChI=1S/C28H26N2O2S.Na/c31-27(32)15-17-33-28-23-5-3-16-29-26(23)14-11-20-9-7-19(18-24(20)28)8-12-22-13-10-21-4-1-2-6-25(21)30-22;/h3,5,7-14,16,18,28H,1-2,4,6,15,17H2,(H,31,32);/q;+1/p-1/b12-8+;. The summed E-state index contributed by atoms with van der Waals surface area (Å²) in [4.78, 5) is 20.4. The summed E-state index contributed by atoms with van der Waals surface area (Å²) >= 11 is 1.63. The van der Waals surface area contributed by atoms with Gasteiger partial charge in [0.15, 0.2) is 0 Å². The maximum absolute atomic E-state index is 11.0. The molecular formula is C28H25N2NaO2S. The van der Waals surface area contributed by atoms with Gasteiger partial charge in [-0.05, 0) is 96.0 Å². The molecule has 1 unspecified atom stereocenters. The molecule has 0 fully saturated rings. The number of aromatic nitrogens is 2. The van der Waals surface area contributed by atoms with Crippen LogP contribution >= 0.6 is 11.8 Å². The first-order chi connectivity index (χ1) is 16.2. The predicted molar refractivity (Wildman–Crippen MR) is 133 cm³/mol. The number of carbonyl (C=O) groups excluding carboxylic acids is 1. The maximum Gasteiger partial charge on any atom is 1.00 e. The summed E-state index contributed by atoms with van der Waals surface area (Å²) in [5.74, 6) is -0.532. The molecule has 6 heteroatoms. The van der Waals surface area contributed by atoms with Gasteiger partial charge in [0.1, 0.15) is 0 Å². The number of carboxylic acid groups (broad SMARTS) is 1. The van der Waals surface area contributed by atoms with Gasteiger partial charge in [-0.3, -0.25) is 9.97 Å². The molecule has 4 nitrogen and oxygen atoms in total. The topological polar surface area (TPSA) is 65.9 Å². The van der Waals surface area contributed by atoms with E-state index in [-0.39, 0.29) is 41.2 Å². The Morgan fingerprint density at radius 1 is 1.06 bits per heavy atom. The summed E-state index contributed by atoms with van der Waals surface area (Å²) in [7, 11) is 0. The van der Waals surface area contributed by atoms with Crippen molar-refractivity contribution in [1.82, 2.24) is 9.97 Å². The fourth-order valence-electron chi connectivity index (χ4n) is 4.52. The van der Waals surface area contributed by atoms with Gasteiger partial charge < -0.3 is 9.90 Å². The van der Waals surface area contributed by atoms with Crippen molar-refractivity contribution in [2.75, 3.05) is 5.75 Å². The fourth-order valence-corrected chi connectivity index (χ4v) is 5.80. The first-order valence-corrected chi connectivity index (χ1v) is 12.5. The summed E-state index contributed by atoms with van der Waals surface area (Å²) in [5.41, 5.74) is 9.04. The Balaban J connectivity index is 0.00000274. The molecule has 2 aliphatic rings. The molecular weight excluding hydrogens is 451 g/mol. The summed E-state index contributed by atoms with van der Waals surface area (Å²) in [6, 6.07) is 14.8. The van der Waals surface area contributed by atoms with Gasteiger partial charge in [0, 0.05) is 17.9 Å². The molecule has 0 saturated heterocycles. The molecule has 0 N–H and O–H groups in total. The number of pyridine rings is 2. The Labute approximate surface area is 226 Å². The van der Waals surface area contributed by atoms with Crippen LogP contribution < -0.4 is 34.7 Å². The number of benzene rings is 1. The van der Waals surface area contributed by atoms with Crippen molar-refractivity contribution in [3.63, 3.8) is 0 Å². The SMILES string of the molecule is O=C([O-])CCSC1c2cc(/C=C/c3ccc4c(n3)CCCC4)ccc2C=Cc2ncccc21.[Na+]. The van der Waals surface area contributed by atoms with Gasteiger partial charge >= 0.3 is 29.6 Å². The average molecular weight is 477 g/mol. The van der Waals surface area contributed by atoms with E-state index in [4.69, 9.17) is 4.98 Å². The Morgan fingerprint density at radius 3 is 2.82 bits per heavy atom. The largest absolute Gasteiger partial charge is 1.00 e. The smallest absolute Gasteiger partial charge is 0.550 e. The van der Waals surface area contributed by atoms with Gasteiger partial charge in [-0.15, -0.1) is 11.8 Å². The minimum absolute atomic E-state index is 0. The molecule has 166 valence electrons.